The van der Waals surface area contributed by atoms with Gasteiger partial charge in [0.15, 0.2) is 0 Å². The van der Waals surface area contributed by atoms with Gasteiger partial charge in [0, 0.05) is 41.8 Å². The van der Waals surface area contributed by atoms with Gasteiger partial charge in [-0.15, -0.1) is 5.10 Å². The third-order valence-corrected chi connectivity index (χ3v) is 5.21. The third kappa shape index (κ3) is 2.49. The number of imidazole rings is 1. The van der Waals surface area contributed by atoms with E-state index in [9.17, 15) is 0 Å². The van der Waals surface area contributed by atoms with E-state index < -0.39 is 0 Å². The Bertz CT molecular complexity index is 1090. The van der Waals surface area contributed by atoms with Crippen LogP contribution in [0.4, 0.5) is 5.95 Å². The van der Waals surface area contributed by atoms with Crippen LogP contribution >= 0.6 is 11.6 Å². The van der Waals surface area contributed by atoms with E-state index in [0.717, 1.165) is 29.5 Å². The van der Waals surface area contributed by atoms with Crippen LogP contribution in [0.1, 0.15) is 12.8 Å². The molecule has 2 N–H and O–H groups in total. The summed E-state index contributed by atoms with van der Waals surface area (Å²) in [6.07, 6.45) is 11.2. The number of rotatable bonds is 4. The topological polar surface area (TPSA) is 84.4 Å². The second-order valence-corrected chi connectivity index (χ2v) is 6.92. The monoisotopic (exact) mass is 368 g/mol. The second-order valence-electron chi connectivity index (χ2n) is 6.53. The van der Waals surface area contributed by atoms with E-state index in [1.165, 1.54) is 0 Å². The van der Waals surface area contributed by atoms with E-state index in [0.29, 0.717) is 29.0 Å². The van der Waals surface area contributed by atoms with Gasteiger partial charge in [-0.25, -0.2) is 19.5 Å². The highest BCUT2D eigenvalue weighted by molar-refractivity contribution is 6.29. The van der Waals surface area contributed by atoms with Crippen LogP contribution in [0.15, 0.2) is 37.1 Å². The van der Waals surface area contributed by atoms with Crippen molar-refractivity contribution >= 4 is 28.8 Å². The van der Waals surface area contributed by atoms with Crippen molar-refractivity contribution in [1.29, 1.82) is 0 Å². The summed E-state index contributed by atoms with van der Waals surface area (Å²) in [5.41, 5.74) is 2.84. The lowest BCUT2D eigenvalue weighted by Crippen LogP contribution is -2.46. The molecule has 0 aromatic carbocycles. The Kier molecular flexibility index (Phi) is 3.54. The van der Waals surface area contributed by atoms with Gasteiger partial charge < -0.3 is 10.6 Å². The molecule has 0 radical (unpaired) electrons. The van der Waals surface area contributed by atoms with Gasteiger partial charge in [0.25, 0.3) is 0 Å². The van der Waals surface area contributed by atoms with E-state index in [1.54, 1.807) is 16.8 Å². The molecule has 0 bridgehead atoms. The van der Waals surface area contributed by atoms with Crippen molar-refractivity contribution in [2.75, 3.05) is 12.4 Å². The summed E-state index contributed by atoms with van der Waals surface area (Å²) >= 11 is 6.15. The normalized spacial score (nSPS) is 19.8. The number of fused-ring (bicyclic) bond motifs is 2. The molecule has 5 rings (SSSR count). The van der Waals surface area contributed by atoms with Crippen LogP contribution in [0.3, 0.4) is 0 Å². The predicted molar refractivity (Wildman–Crippen MR) is 99.5 cm³/mol. The Morgan fingerprint density at radius 1 is 1.12 bits per heavy atom. The van der Waals surface area contributed by atoms with Gasteiger partial charge in [-0.2, -0.15) is 0 Å². The van der Waals surface area contributed by atoms with Crippen molar-refractivity contribution in [1.82, 2.24) is 34.3 Å². The number of anilines is 1. The number of hydrogen-bond acceptors (Lipinski definition) is 6. The number of nitrogens with zero attached hydrogens (tertiary/aromatic N) is 6. The lowest BCUT2D eigenvalue weighted by Gasteiger charge is -2.35. The summed E-state index contributed by atoms with van der Waals surface area (Å²) in [6.45, 7) is 0. The van der Waals surface area contributed by atoms with Crippen LogP contribution in [-0.2, 0) is 0 Å². The molecule has 1 aliphatic carbocycles. The van der Waals surface area contributed by atoms with Gasteiger partial charge in [-0.3, -0.25) is 4.40 Å². The maximum absolute atomic E-state index is 6.15. The Morgan fingerprint density at radius 3 is 2.81 bits per heavy atom. The van der Waals surface area contributed by atoms with Crippen molar-refractivity contribution in [3.05, 3.63) is 42.2 Å². The molecule has 0 aliphatic heterocycles. The highest BCUT2D eigenvalue weighted by Gasteiger charge is 2.28. The number of halogens is 1. The number of nitrogens with one attached hydrogen (secondary N) is 2. The highest BCUT2D eigenvalue weighted by Crippen LogP contribution is 2.27. The molecule has 1 fully saturated rings. The summed E-state index contributed by atoms with van der Waals surface area (Å²) in [4.78, 5) is 13.0. The first-order valence-electron chi connectivity index (χ1n) is 8.48. The zero-order chi connectivity index (χ0) is 17.7. The molecule has 8 nitrogen and oxygen atoms in total. The van der Waals surface area contributed by atoms with Crippen molar-refractivity contribution in [3.63, 3.8) is 0 Å². The lowest BCUT2D eigenvalue weighted by molar-refractivity contribution is 0.325. The minimum absolute atomic E-state index is 0.426. The van der Waals surface area contributed by atoms with Crippen LogP contribution in [0.25, 0.3) is 22.4 Å². The summed E-state index contributed by atoms with van der Waals surface area (Å²) in [5.74, 6) is 1.22. The molecular weight excluding hydrogens is 352 g/mol. The molecule has 0 unspecified atom stereocenters. The highest BCUT2D eigenvalue weighted by atomic mass is 35.5. The van der Waals surface area contributed by atoms with Gasteiger partial charge in [0.1, 0.15) is 5.15 Å². The molecule has 4 aromatic rings. The third-order valence-electron chi connectivity index (χ3n) is 4.93. The molecule has 26 heavy (non-hydrogen) atoms. The Hall–Kier alpha value is -2.71. The minimum Gasteiger partial charge on any atom is -0.350 e. The van der Waals surface area contributed by atoms with Crippen LogP contribution in [0.2, 0.25) is 5.15 Å². The fourth-order valence-corrected chi connectivity index (χ4v) is 3.52. The van der Waals surface area contributed by atoms with Gasteiger partial charge in [0.2, 0.25) is 11.7 Å². The van der Waals surface area contributed by atoms with Crippen molar-refractivity contribution in [2.24, 2.45) is 0 Å². The van der Waals surface area contributed by atoms with Crippen molar-refractivity contribution in [2.45, 2.75) is 24.9 Å². The van der Waals surface area contributed by atoms with Gasteiger partial charge in [-0.05, 0) is 26.0 Å². The van der Waals surface area contributed by atoms with Crippen LogP contribution < -0.4 is 10.6 Å². The largest absolute Gasteiger partial charge is 0.350 e. The lowest BCUT2D eigenvalue weighted by atomic mass is 9.87. The minimum atomic E-state index is 0.426. The summed E-state index contributed by atoms with van der Waals surface area (Å²) in [5, 5.41) is 11.8. The standard InChI is InChI=1S/C17H17ClN8/c1-19-11-4-12(5-11)23-16-20-7-14-13(2-3-26(14)24-16)10-6-21-17-22-8-15(18)25(17)9-10/h2-3,6-9,11-12,19H,4-5H2,1H3,(H,23,24)/t11-,12-. The molecule has 0 amide bonds. The Balaban J connectivity index is 1.46. The molecule has 132 valence electrons. The van der Waals surface area contributed by atoms with Crippen molar-refractivity contribution < 1.29 is 0 Å². The number of aromatic nitrogens is 6. The SMILES string of the molecule is CN[C@H]1C[C@H](Nc2ncc3c(-c4cnc5ncc(Cl)n5c4)ccn3n2)C1. The van der Waals surface area contributed by atoms with E-state index in [4.69, 9.17) is 11.6 Å². The molecule has 1 saturated carbocycles. The van der Waals surface area contributed by atoms with E-state index in [2.05, 4.69) is 30.7 Å². The Labute approximate surface area is 154 Å². The predicted octanol–water partition coefficient (Wildman–Crippen LogP) is 2.25. The van der Waals surface area contributed by atoms with Gasteiger partial charge >= 0.3 is 0 Å². The van der Waals surface area contributed by atoms with E-state index in [-0.39, 0.29) is 0 Å². The molecule has 0 spiro atoms. The molecule has 4 heterocycles. The zero-order valence-corrected chi connectivity index (χ0v) is 14.9. The van der Waals surface area contributed by atoms with Crippen molar-refractivity contribution in [3.8, 4) is 11.1 Å². The average Bonchev–Trinajstić information content (AvgIpc) is 3.21. The molecule has 1 aliphatic rings. The first-order valence-corrected chi connectivity index (χ1v) is 8.86. The van der Waals surface area contributed by atoms with E-state index >= 15 is 0 Å². The van der Waals surface area contributed by atoms with Gasteiger partial charge in [-0.1, -0.05) is 11.6 Å². The number of hydrogen-bond donors (Lipinski definition) is 2. The molecule has 9 heteroatoms. The zero-order valence-electron chi connectivity index (χ0n) is 14.1. The van der Waals surface area contributed by atoms with Crippen LogP contribution in [0, 0.1) is 0 Å². The molecule has 0 atom stereocenters. The van der Waals surface area contributed by atoms with Crippen LogP contribution in [-0.4, -0.2) is 48.1 Å². The summed E-state index contributed by atoms with van der Waals surface area (Å²) < 4.78 is 3.59. The quantitative estimate of drug-likeness (QED) is 0.574. The first-order chi connectivity index (χ1) is 12.7. The Morgan fingerprint density at radius 2 is 1.96 bits per heavy atom. The summed E-state index contributed by atoms with van der Waals surface area (Å²) in [6, 6.07) is 3.02. The maximum Gasteiger partial charge on any atom is 0.241 e. The van der Waals surface area contributed by atoms with Gasteiger partial charge in [0.05, 0.1) is 17.9 Å². The summed E-state index contributed by atoms with van der Waals surface area (Å²) in [7, 11) is 1.99. The fourth-order valence-electron chi connectivity index (χ4n) is 3.35. The fraction of sp³-hybridized carbons (Fsp3) is 0.294. The van der Waals surface area contributed by atoms with Crippen LogP contribution in [0.5, 0.6) is 0 Å². The average molecular weight is 369 g/mol. The molecule has 4 aromatic heterocycles. The second kappa shape index (κ2) is 5.93. The molecular formula is C17H17ClN8. The maximum atomic E-state index is 6.15. The smallest absolute Gasteiger partial charge is 0.241 e. The molecule has 0 saturated heterocycles. The first kappa shape index (κ1) is 15.5. The van der Waals surface area contributed by atoms with E-state index in [1.807, 2.05) is 36.2 Å².